The topological polar surface area (TPSA) is 68.2 Å². The van der Waals surface area contributed by atoms with Crippen LogP contribution >= 0.6 is 0 Å². The Morgan fingerprint density at radius 1 is 1.50 bits per heavy atom. The number of aromatic nitrogens is 2. The maximum absolute atomic E-state index is 5.39. The molecule has 0 bridgehead atoms. The molecule has 2 N–H and O–H groups in total. The van der Waals surface area contributed by atoms with E-state index < -0.39 is 0 Å². The van der Waals surface area contributed by atoms with Gasteiger partial charge in [-0.05, 0) is 32.5 Å². The number of nitrogens with two attached hydrogens (primary N) is 1. The Morgan fingerprint density at radius 3 is 2.71 bits per heavy atom. The Bertz CT molecular complexity index is 291. The quantitative estimate of drug-likeness (QED) is 0.759. The molecule has 1 aliphatic rings. The van der Waals surface area contributed by atoms with Crippen molar-refractivity contribution in [3.05, 3.63) is 5.82 Å². The second kappa shape index (κ2) is 3.96. The van der Waals surface area contributed by atoms with Crippen molar-refractivity contribution < 1.29 is 4.52 Å². The molecule has 2 heterocycles. The number of nitrogens with zero attached hydrogens (tertiary/aromatic N) is 3. The molecule has 1 aromatic rings. The first-order chi connectivity index (χ1) is 6.79. The van der Waals surface area contributed by atoms with Crippen molar-refractivity contribution in [2.75, 3.05) is 25.4 Å². The molecular weight excluding hydrogens is 180 g/mol. The van der Waals surface area contributed by atoms with Gasteiger partial charge < -0.3 is 15.2 Å². The maximum Gasteiger partial charge on any atom is 0.318 e. The van der Waals surface area contributed by atoms with Gasteiger partial charge in [0.25, 0.3) is 0 Å². The highest BCUT2D eigenvalue weighted by Crippen LogP contribution is 2.25. The van der Waals surface area contributed by atoms with E-state index in [2.05, 4.69) is 22.0 Å². The third-order valence-corrected chi connectivity index (χ3v) is 2.86. The van der Waals surface area contributed by atoms with Gasteiger partial charge in [-0.2, -0.15) is 4.98 Å². The van der Waals surface area contributed by atoms with Crippen LogP contribution < -0.4 is 5.73 Å². The van der Waals surface area contributed by atoms with E-state index in [4.69, 9.17) is 10.3 Å². The van der Waals surface area contributed by atoms with Crippen molar-refractivity contribution in [2.45, 2.75) is 25.7 Å². The predicted molar refractivity (Wildman–Crippen MR) is 52.8 cm³/mol. The lowest BCUT2D eigenvalue weighted by atomic mass is 9.96. The molecule has 0 amide bonds. The van der Waals surface area contributed by atoms with Crippen LogP contribution in [0.2, 0.25) is 0 Å². The average molecular weight is 196 g/mol. The number of likely N-dealkylation sites (tertiary alicyclic amines) is 1. The SMILES string of the molecule is CCN1CCC(c2noc(N)n2)CC1. The zero-order valence-electron chi connectivity index (χ0n) is 8.44. The Labute approximate surface area is 83.3 Å². The van der Waals surface area contributed by atoms with Crippen LogP contribution in [0.15, 0.2) is 4.52 Å². The predicted octanol–water partition coefficient (Wildman–Crippen LogP) is 0.851. The Morgan fingerprint density at radius 2 is 2.21 bits per heavy atom. The number of hydrogen-bond acceptors (Lipinski definition) is 5. The molecule has 0 unspecified atom stereocenters. The fraction of sp³-hybridized carbons (Fsp3) is 0.778. The van der Waals surface area contributed by atoms with Crippen LogP contribution in [-0.4, -0.2) is 34.7 Å². The normalized spacial score (nSPS) is 20.1. The first-order valence-corrected chi connectivity index (χ1v) is 5.11. The first-order valence-electron chi connectivity index (χ1n) is 5.11. The third kappa shape index (κ3) is 1.87. The van der Waals surface area contributed by atoms with Crippen molar-refractivity contribution >= 4 is 6.01 Å². The highest BCUT2D eigenvalue weighted by Gasteiger charge is 2.23. The van der Waals surface area contributed by atoms with Gasteiger partial charge in [0.15, 0.2) is 5.82 Å². The van der Waals surface area contributed by atoms with E-state index in [0.29, 0.717) is 5.92 Å². The van der Waals surface area contributed by atoms with Crippen LogP contribution in [0.4, 0.5) is 6.01 Å². The highest BCUT2D eigenvalue weighted by atomic mass is 16.5. The van der Waals surface area contributed by atoms with Crippen LogP contribution in [-0.2, 0) is 0 Å². The van der Waals surface area contributed by atoms with Gasteiger partial charge in [-0.15, -0.1) is 0 Å². The van der Waals surface area contributed by atoms with Crippen molar-refractivity contribution in [3.63, 3.8) is 0 Å². The summed E-state index contributed by atoms with van der Waals surface area (Å²) in [4.78, 5) is 6.50. The van der Waals surface area contributed by atoms with Gasteiger partial charge in [-0.1, -0.05) is 12.1 Å². The van der Waals surface area contributed by atoms with Crippen molar-refractivity contribution in [1.82, 2.24) is 15.0 Å². The molecule has 5 heteroatoms. The molecule has 0 spiro atoms. The van der Waals surface area contributed by atoms with Crippen LogP contribution in [0.1, 0.15) is 31.5 Å². The van der Waals surface area contributed by atoms with E-state index in [9.17, 15) is 0 Å². The van der Waals surface area contributed by atoms with Crippen molar-refractivity contribution in [3.8, 4) is 0 Å². The summed E-state index contributed by atoms with van der Waals surface area (Å²) in [6.07, 6.45) is 2.21. The van der Waals surface area contributed by atoms with E-state index in [1.165, 1.54) is 0 Å². The fourth-order valence-corrected chi connectivity index (χ4v) is 1.92. The van der Waals surface area contributed by atoms with Gasteiger partial charge >= 0.3 is 6.01 Å². The smallest absolute Gasteiger partial charge is 0.318 e. The molecule has 1 aromatic heterocycles. The van der Waals surface area contributed by atoms with E-state index in [0.717, 1.165) is 38.3 Å². The van der Waals surface area contributed by atoms with Crippen molar-refractivity contribution in [2.24, 2.45) is 0 Å². The maximum atomic E-state index is 5.39. The van der Waals surface area contributed by atoms with Gasteiger partial charge in [0.05, 0.1) is 0 Å². The van der Waals surface area contributed by atoms with E-state index >= 15 is 0 Å². The molecule has 0 aromatic carbocycles. The second-order valence-corrected chi connectivity index (χ2v) is 3.70. The Hall–Kier alpha value is -1.10. The summed E-state index contributed by atoms with van der Waals surface area (Å²) in [5.41, 5.74) is 5.39. The van der Waals surface area contributed by atoms with E-state index in [1.54, 1.807) is 0 Å². The highest BCUT2D eigenvalue weighted by molar-refractivity contribution is 5.10. The van der Waals surface area contributed by atoms with Gasteiger partial charge in [0.1, 0.15) is 0 Å². The van der Waals surface area contributed by atoms with E-state index in [1.807, 2.05) is 0 Å². The number of anilines is 1. The van der Waals surface area contributed by atoms with Crippen LogP contribution in [0.25, 0.3) is 0 Å². The zero-order valence-corrected chi connectivity index (χ0v) is 8.44. The summed E-state index contributed by atoms with van der Waals surface area (Å²) in [6.45, 7) is 5.55. The molecule has 14 heavy (non-hydrogen) atoms. The Kier molecular flexibility index (Phi) is 2.67. The number of piperidine rings is 1. The molecule has 0 aliphatic carbocycles. The summed E-state index contributed by atoms with van der Waals surface area (Å²) in [5.74, 6) is 1.21. The lowest BCUT2D eigenvalue weighted by Crippen LogP contribution is -2.32. The molecule has 0 atom stereocenters. The van der Waals surface area contributed by atoms with E-state index in [-0.39, 0.29) is 6.01 Å². The average Bonchev–Trinajstić information content (AvgIpc) is 2.65. The minimum absolute atomic E-state index is 0.179. The monoisotopic (exact) mass is 196 g/mol. The molecule has 5 nitrogen and oxygen atoms in total. The summed E-state index contributed by atoms with van der Waals surface area (Å²) in [5, 5.41) is 3.86. The van der Waals surface area contributed by atoms with Crippen molar-refractivity contribution in [1.29, 1.82) is 0 Å². The molecule has 1 fully saturated rings. The summed E-state index contributed by atoms with van der Waals surface area (Å²) >= 11 is 0. The first kappa shape index (κ1) is 9.45. The van der Waals surface area contributed by atoms with Gasteiger partial charge in [-0.3, -0.25) is 0 Å². The zero-order chi connectivity index (χ0) is 9.97. The summed E-state index contributed by atoms with van der Waals surface area (Å²) < 4.78 is 4.77. The molecule has 1 aliphatic heterocycles. The van der Waals surface area contributed by atoms with Crippen LogP contribution in [0, 0.1) is 0 Å². The van der Waals surface area contributed by atoms with Gasteiger partial charge in [0.2, 0.25) is 0 Å². The molecule has 0 saturated carbocycles. The van der Waals surface area contributed by atoms with Gasteiger partial charge in [0, 0.05) is 5.92 Å². The standard InChI is InChI=1S/C9H16N4O/c1-2-13-5-3-7(4-6-13)8-11-9(10)14-12-8/h7H,2-6H2,1H3,(H2,10,11,12). The molecular formula is C9H16N4O. The number of hydrogen-bond donors (Lipinski definition) is 1. The lowest BCUT2D eigenvalue weighted by molar-refractivity contribution is 0.217. The summed E-state index contributed by atoms with van der Waals surface area (Å²) in [6, 6.07) is 0.179. The molecule has 2 rings (SSSR count). The number of nitrogen functional groups attached to an aromatic ring is 1. The van der Waals surface area contributed by atoms with Crippen LogP contribution in [0.3, 0.4) is 0 Å². The Balaban J connectivity index is 1.95. The van der Waals surface area contributed by atoms with Gasteiger partial charge in [-0.25, -0.2) is 0 Å². The van der Waals surface area contributed by atoms with Crippen LogP contribution in [0.5, 0.6) is 0 Å². The molecule has 0 radical (unpaired) electrons. The second-order valence-electron chi connectivity index (χ2n) is 3.70. The summed E-state index contributed by atoms with van der Waals surface area (Å²) in [7, 11) is 0. The largest absolute Gasteiger partial charge is 0.351 e. The molecule has 78 valence electrons. The third-order valence-electron chi connectivity index (χ3n) is 2.86. The minimum Gasteiger partial charge on any atom is -0.351 e. The minimum atomic E-state index is 0.179. The lowest BCUT2D eigenvalue weighted by Gasteiger charge is -2.29. The number of rotatable bonds is 2. The molecule has 1 saturated heterocycles. The fourth-order valence-electron chi connectivity index (χ4n) is 1.92.